The lowest BCUT2D eigenvalue weighted by Crippen LogP contribution is -2.16. The molecule has 0 bridgehead atoms. The molecular weight excluding hydrogens is 266 g/mol. The van der Waals surface area contributed by atoms with Gasteiger partial charge in [-0.25, -0.2) is 4.68 Å². The van der Waals surface area contributed by atoms with E-state index in [1.54, 1.807) is 4.68 Å². The third-order valence-corrected chi connectivity index (χ3v) is 3.16. The number of anilines is 1. The molecule has 0 spiro atoms. The zero-order valence-corrected chi connectivity index (χ0v) is 13.0. The summed E-state index contributed by atoms with van der Waals surface area (Å²) in [6.45, 7) is 8.08. The molecule has 0 aliphatic carbocycles. The number of hydrogen-bond donors (Lipinski definition) is 2. The van der Waals surface area contributed by atoms with Crippen LogP contribution < -0.4 is 10.5 Å². The summed E-state index contributed by atoms with van der Waals surface area (Å²) >= 11 is 0. The minimum atomic E-state index is -0.250. The quantitative estimate of drug-likeness (QED) is 0.907. The fourth-order valence-electron chi connectivity index (χ4n) is 1.93. The number of nitrogen functional groups attached to an aromatic ring is 1. The van der Waals surface area contributed by atoms with Crippen LogP contribution in [0.5, 0.6) is 5.75 Å². The van der Waals surface area contributed by atoms with Gasteiger partial charge in [-0.2, -0.15) is 5.10 Å². The molecule has 0 radical (unpaired) electrons. The maximum absolute atomic E-state index is 9.06. The Morgan fingerprint density at radius 1 is 1.33 bits per heavy atom. The summed E-state index contributed by atoms with van der Waals surface area (Å²) in [5.41, 5.74) is 7.79. The van der Waals surface area contributed by atoms with Crippen LogP contribution in [0.3, 0.4) is 0 Å². The molecule has 5 nitrogen and oxygen atoms in total. The highest BCUT2D eigenvalue weighted by Gasteiger charge is 2.19. The standard InChI is InChI=1S/C16H23N3O2/c1-11(10-20)21-13-7-5-6-12(8-13)19-15(17)9-14(18-19)16(2,3)4/h5-9,11,20H,10,17H2,1-4H3/t11-/m1/s1. The molecule has 1 aromatic heterocycles. The molecule has 0 saturated carbocycles. The first-order valence-electron chi connectivity index (χ1n) is 7.05. The summed E-state index contributed by atoms with van der Waals surface area (Å²) in [7, 11) is 0. The molecule has 0 saturated heterocycles. The van der Waals surface area contributed by atoms with Crippen LogP contribution in [0.4, 0.5) is 5.82 Å². The summed E-state index contributed by atoms with van der Waals surface area (Å²) in [6.07, 6.45) is -0.250. The lowest BCUT2D eigenvalue weighted by atomic mass is 9.92. The van der Waals surface area contributed by atoms with Crippen molar-refractivity contribution < 1.29 is 9.84 Å². The summed E-state index contributed by atoms with van der Waals surface area (Å²) < 4.78 is 7.31. The maximum atomic E-state index is 9.06. The van der Waals surface area contributed by atoms with Gasteiger partial charge in [-0.15, -0.1) is 0 Å². The lowest BCUT2D eigenvalue weighted by molar-refractivity contribution is 0.129. The molecule has 0 fully saturated rings. The molecular formula is C16H23N3O2. The fraction of sp³-hybridized carbons (Fsp3) is 0.438. The van der Waals surface area contributed by atoms with Gasteiger partial charge in [-0.3, -0.25) is 0 Å². The Labute approximate surface area is 125 Å². The first kappa shape index (κ1) is 15.4. The molecule has 5 heteroatoms. The van der Waals surface area contributed by atoms with Gasteiger partial charge in [0.15, 0.2) is 0 Å². The van der Waals surface area contributed by atoms with Gasteiger partial charge in [0.2, 0.25) is 0 Å². The van der Waals surface area contributed by atoms with Gasteiger partial charge in [-0.05, 0) is 19.1 Å². The molecule has 2 aromatic rings. The normalized spacial score (nSPS) is 13.2. The highest BCUT2D eigenvalue weighted by atomic mass is 16.5. The molecule has 1 aromatic carbocycles. The first-order valence-corrected chi connectivity index (χ1v) is 7.05. The van der Waals surface area contributed by atoms with E-state index in [2.05, 4.69) is 25.9 Å². The molecule has 0 amide bonds. The Balaban J connectivity index is 2.34. The Morgan fingerprint density at radius 2 is 2.05 bits per heavy atom. The molecule has 114 valence electrons. The van der Waals surface area contributed by atoms with E-state index in [0.29, 0.717) is 11.6 Å². The lowest BCUT2D eigenvalue weighted by Gasteiger charge is -2.15. The van der Waals surface area contributed by atoms with Crippen LogP contribution in [-0.4, -0.2) is 27.6 Å². The monoisotopic (exact) mass is 289 g/mol. The topological polar surface area (TPSA) is 73.3 Å². The Bertz CT molecular complexity index is 614. The van der Waals surface area contributed by atoms with E-state index >= 15 is 0 Å². The number of aliphatic hydroxyl groups is 1. The summed E-state index contributed by atoms with van der Waals surface area (Å²) in [6, 6.07) is 9.41. The Kier molecular flexibility index (Phi) is 4.23. The fourth-order valence-corrected chi connectivity index (χ4v) is 1.93. The highest BCUT2D eigenvalue weighted by Crippen LogP contribution is 2.26. The molecule has 1 heterocycles. The van der Waals surface area contributed by atoms with Crippen LogP contribution in [-0.2, 0) is 5.41 Å². The van der Waals surface area contributed by atoms with E-state index in [1.807, 2.05) is 37.3 Å². The van der Waals surface area contributed by atoms with E-state index in [9.17, 15) is 0 Å². The predicted octanol–water partition coefficient (Wildman–Crippen LogP) is 2.51. The predicted molar refractivity (Wildman–Crippen MR) is 83.9 cm³/mol. The van der Waals surface area contributed by atoms with E-state index < -0.39 is 0 Å². The third-order valence-electron chi connectivity index (χ3n) is 3.16. The van der Waals surface area contributed by atoms with Crippen LogP contribution in [0.25, 0.3) is 5.69 Å². The number of nitrogens with two attached hydrogens (primary N) is 1. The second kappa shape index (κ2) is 5.77. The van der Waals surface area contributed by atoms with Gasteiger partial charge in [0.25, 0.3) is 0 Å². The average molecular weight is 289 g/mol. The van der Waals surface area contributed by atoms with Crippen molar-refractivity contribution in [3.8, 4) is 11.4 Å². The Hall–Kier alpha value is -2.01. The van der Waals surface area contributed by atoms with Crippen LogP contribution in [0.1, 0.15) is 33.4 Å². The molecule has 0 unspecified atom stereocenters. The number of hydrogen-bond acceptors (Lipinski definition) is 4. The van der Waals surface area contributed by atoms with Crippen LogP contribution in [0.15, 0.2) is 30.3 Å². The van der Waals surface area contributed by atoms with Crippen LogP contribution in [0.2, 0.25) is 0 Å². The largest absolute Gasteiger partial charge is 0.488 e. The first-order chi connectivity index (χ1) is 9.81. The van der Waals surface area contributed by atoms with E-state index in [4.69, 9.17) is 15.6 Å². The van der Waals surface area contributed by atoms with Crippen molar-refractivity contribution in [2.45, 2.75) is 39.2 Å². The molecule has 2 rings (SSSR count). The molecule has 1 atom stereocenters. The minimum Gasteiger partial charge on any atom is -0.488 e. The maximum Gasteiger partial charge on any atom is 0.127 e. The zero-order chi connectivity index (χ0) is 15.6. The van der Waals surface area contributed by atoms with E-state index in [1.165, 1.54) is 0 Å². The molecule has 3 N–H and O–H groups in total. The van der Waals surface area contributed by atoms with Crippen molar-refractivity contribution in [3.05, 3.63) is 36.0 Å². The second-order valence-corrected chi connectivity index (χ2v) is 6.22. The van der Waals surface area contributed by atoms with Gasteiger partial charge >= 0.3 is 0 Å². The van der Waals surface area contributed by atoms with Crippen molar-refractivity contribution in [3.63, 3.8) is 0 Å². The smallest absolute Gasteiger partial charge is 0.127 e. The number of rotatable bonds is 4. The molecule has 0 aliphatic heterocycles. The van der Waals surface area contributed by atoms with Gasteiger partial charge in [-0.1, -0.05) is 26.8 Å². The highest BCUT2D eigenvalue weighted by molar-refractivity contribution is 5.46. The Morgan fingerprint density at radius 3 is 2.62 bits per heavy atom. The van der Waals surface area contributed by atoms with Gasteiger partial charge in [0.1, 0.15) is 17.7 Å². The minimum absolute atomic E-state index is 0.0255. The van der Waals surface area contributed by atoms with Crippen molar-refractivity contribution in [2.24, 2.45) is 0 Å². The van der Waals surface area contributed by atoms with Gasteiger partial charge in [0.05, 0.1) is 18.0 Å². The van der Waals surface area contributed by atoms with Crippen molar-refractivity contribution in [2.75, 3.05) is 12.3 Å². The van der Waals surface area contributed by atoms with Crippen LogP contribution in [0, 0.1) is 0 Å². The summed E-state index contributed by atoms with van der Waals surface area (Å²) in [5, 5.41) is 13.6. The van der Waals surface area contributed by atoms with Gasteiger partial charge < -0.3 is 15.6 Å². The SMILES string of the molecule is C[C@H](CO)Oc1cccc(-n2nc(C(C)(C)C)cc2N)c1. The van der Waals surface area contributed by atoms with Gasteiger partial charge in [0, 0.05) is 17.5 Å². The molecule has 0 aliphatic rings. The number of benzene rings is 1. The van der Waals surface area contributed by atoms with Crippen molar-refractivity contribution in [1.82, 2.24) is 9.78 Å². The molecule has 21 heavy (non-hydrogen) atoms. The second-order valence-electron chi connectivity index (χ2n) is 6.22. The van der Waals surface area contributed by atoms with Crippen LogP contribution >= 0.6 is 0 Å². The summed E-state index contributed by atoms with van der Waals surface area (Å²) in [5.74, 6) is 1.27. The number of aromatic nitrogens is 2. The zero-order valence-electron chi connectivity index (χ0n) is 13.0. The van der Waals surface area contributed by atoms with Crippen molar-refractivity contribution in [1.29, 1.82) is 0 Å². The number of ether oxygens (including phenoxy) is 1. The van der Waals surface area contributed by atoms with E-state index in [0.717, 1.165) is 11.4 Å². The third kappa shape index (κ3) is 3.55. The van der Waals surface area contributed by atoms with E-state index in [-0.39, 0.29) is 18.1 Å². The van der Waals surface area contributed by atoms with Crippen molar-refractivity contribution >= 4 is 5.82 Å². The number of nitrogens with zero attached hydrogens (tertiary/aromatic N) is 2. The summed E-state index contributed by atoms with van der Waals surface area (Å²) in [4.78, 5) is 0. The number of aliphatic hydroxyl groups excluding tert-OH is 1. The average Bonchev–Trinajstić information content (AvgIpc) is 2.81.